The number of nitrogens with two attached hydrogens (primary N) is 1. The van der Waals surface area contributed by atoms with Crippen molar-refractivity contribution in [2.75, 3.05) is 36.6 Å². The van der Waals surface area contributed by atoms with Crippen molar-refractivity contribution in [3.63, 3.8) is 0 Å². The first-order valence-electron chi connectivity index (χ1n) is 10.8. The standard InChI is InChI=1S/C25H23N3O9S/c1-35-23(30)15-10-11-19(24(31)36-2)21(12-15)27-22(29)14-37-25(32)18-8-3-4-9-20(18)28-38(33,34)17-7-5-6-16(26)13-17/h3-13,28H,14,26H2,1-2H3,(H,27,29). The number of hydrogen-bond donors (Lipinski definition) is 3. The van der Waals surface area contributed by atoms with Crippen molar-refractivity contribution in [2.24, 2.45) is 0 Å². The number of anilines is 3. The highest BCUT2D eigenvalue weighted by Gasteiger charge is 2.21. The van der Waals surface area contributed by atoms with Crippen LogP contribution in [0.5, 0.6) is 0 Å². The monoisotopic (exact) mass is 541 g/mol. The lowest BCUT2D eigenvalue weighted by Gasteiger charge is -2.13. The summed E-state index contributed by atoms with van der Waals surface area (Å²) in [6.07, 6.45) is 0. The Balaban J connectivity index is 1.74. The lowest BCUT2D eigenvalue weighted by Crippen LogP contribution is -2.23. The van der Waals surface area contributed by atoms with E-state index in [0.29, 0.717) is 0 Å². The lowest BCUT2D eigenvalue weighted by molar-refractivity contribution is -0.119. The second-order valence-electron chi connectivity index (χ2n) is 7.59. The summed E-state index contributed by atoms with van der Waals surface area (Å²) < 4.78 is 42.2. The number of nitrogen functional groups attached to an aromatic ring is 1. The zero-order valence-corrected chi connectivity index (χ0v) is 21.0. The summed E-state index contributed by atoms with van der Waals surface area (Å²) in [5.41, 5.74) is 5.58. The number of benzene rings is 3. The zero-order chi connectivity index (χ0) is 27.9. The summed E-state index contributed by atoms with van der Waals surface area (Å²) in [5.74, 6) is -3.33. The van der Waals surface area contributed by atoms with E-state index in [-0.39, 0.29) is 38.6 Å². The highest BCUT2D eigenvalue weighted by atomic mass is 32.2. The Kier molecular flexibility index (Phi) is 8.65. The van der Waals surface area contributed by atoms with E-state index in [9.17, 15) is 27.6 Å². The van der Waals surface area contributed by atoms with Crippen LogP contribution in [0.4, 0.5) is 17.1 Å². The Morgan fingerprint density at radius 2 is 1.47 bits per heavy atom. The third-order valence-corrected chi connectivity index (χ3v) is 6.38. The van der Waals surface area contributed by atoms with Gasteiger partial charge in [-0.2, -0.15) is 0 Å². The van der Waals surface area contributed by atoms with Crippen LogP contribution in [0.25, 0.3) is 0 Å². The Labute approximate surface area is 217 Å². The molecular formula is C25H23N3O9S. The average Bonchev–Trinajstić information content (AvgIpc) is 2.91. The molecule has 0 aromatic heterocycles. The number of nitrogens with one attached hydrogen (secondary N) is 2. The quantitative estimate of drug-likeness (QED) is 0.207. The Hall–Kier alpha value is -4.91. The predicted molar refractivity (Wildman–Crippen MR) is 136 cm³/mol. The molecule has 0 saturated carbocycles. The third-order valence-electron chi connectivity index (χ3n) is 5.01. The molecule has 1 amide bonds. The number of sulfonamides is 1. The van der Waals surface area contributed by atoms with Gasteiger partial charge < -0.3 is 25.3 Å². The van der Waals surface area contributed by atoms with Crippen molar-refractivity contribution in [3.8, 4) is 0 Å². The number of para-hydroxylation sites is 1. The number of ether oxygens (including phenoxy) is 3. The highest BCUT2D eigenvalue weighted by Crippen LogP contribution is 2.23. The fourth-order valence-electron chi connectivity index (χ4n) is 3.21. The Morgan fingerprint density at radius 1 is 0.789 bits per heavy atom. The van der Waals surface area contributed by atoms with Gasteiger partial charge in [-0.1, -0.05) is 18.2 Å². The van der Waals surface area contributed by atoms with E-state index in [0.717, 1.165) is 7.11 Å². The molecule has 0 unspecified atom stereocenters. The molecule has 3 rings (SSSR count). The van der Waals surface area contributed by atoms with Crippen LogP contribution in [0.3, 0.4) is 0 Å². The maximum Gasteiger partial charge on any atom is 0.340 e. The molecule has 0 fully saturated rings. The summed E-state index contributed by atoms with van der Waals surface area (Å²) in [7, 11) is -1.78. The first kappa shape index (κ1) is 27.7. The molecular weight excluding hydrogens is 518 g/mol. The van der Waals surface area contributed by atoms with Crippen LogP contribution in [0.2, 0.25) is 0 Å². The fraction of sp³-hybridized carbons (Fsp3) is 0.120. The molecule has 3 aromatic rings. The number of esters is 3. The Morgan fingerprint density at radius 3 is 2.16 bits per heavy atom. The topological polar surface area (TPSA) is 180 Å². The molecule has 198 valence electrons. The number of carbonyl (C=O) groups is 4. The average molecular weight is 542 g/mol. The lowest BCUT2D eigenvalue weighted by atomic mass is 10.1. The second-order valence-corrected chi connectivity index (χ2v) is 9.27. The molecule has 12 nitrogen and oxygen atoms in total. The number of hydrogen-bond acceptors (Lipinski definition) is 10. The molecule has 0 aliphatic carbocycles. The molecule has 38 heavy (non-hydrogen) atoms. The van der Waals surface area contributed by atoms with E-state index >= 15 is 0 Å². The van der Waals surface area contributed by atoms with Gasteiger partial charge in [0.2, 0.25) is 0 Å². The van der Waals surface area contributed by atoms with Gasteiger partial charge in [0.15, 0.2) is 6.61 Å². The first-order chi connectivity index (χ1) is 18.1. The zero-order valence-electron chi connectivity index (χ0n) is 20.2. The van der Waals surface area contributed by atoms with Gasteiger partial charge in [-0.25, -0.2) is 22.8 Å². The van der Waals surface area contributed by atoms with Crippen LogP contribution < -0.4 is 15.8 Å². The first-order valence-corrected chi connectivity index (χ1v) is 12.3. The highest BCUT2D eigenvalue weighted by molar-refractivity contribution is 7.92. The van der Waals surface area contributed by atoms with Gasteiger partial charge in [0.05, 0.1) is 47.2 Å². The largest absolute Gasteiger partial charge is 0.465 e. The van der Waals surface area contributed by atoms with Gasteiger partial charge in [-0.3, -0.25) is 9.52 Å². The van der Waals surface area contributed by atoms with E-state index in [4.69, 9.17) is 10.5 Å². The predicted octanol–water partition coefficient (Wildman–Crippen LogP) is 2.44. The van der Waals surface area contributed by atoms with Crippen LogP contribution in [-0.4, -0.2) is 53.1 Å². The van der Waals surface area contributed by atoms with Gasteiger partial charge in [0.1, 0.15) is 0 Å². The second kappa shape index (κ2) is 11.9. The molecule has 0 heterocycles. The van der Waals surface area contributed by atoms with Crippen molar-refractivity contribution in [1.29, 1.82) is 0 Å². The number of carbonyl (C=O) groups excluding carboxylic acids is 4. The van der Waals surface area contributed by atoms with Gasteiger partial charge in [0.25, 0.3) is 15.9 Å². The Bertz CT molecular complexity index is 1500. The van der Waals surface area contributed by atoms with Crippen LogP contribution in [0.1, 0.15) is 31.1 Å². The molecule has 0 atom stereocenters. The molecule has 0 saturated heterocycles. The smallest absolute Gasteiger partial charge is 0.340 e. The molecule has 3 aromatic carbocycles. The van der Waals surface area contributed by atoms with E-state index in [1.165, 1.54) is 73.8 Å². The summed E-state index contributed by atoms with van der Waals surface area (Å²) in [6.45, 7) is -0.793. The maximum atomic E-state index is 12.8. The molecule has 13 heteroatoms. The van der Waals surface area contributed by atoms with Crippen LogP contribution in [0.15, 0.2) is 71.6 Å². The molecule has 0 aliphatic heterocycles. The van der Waals surface area contributed by atoms with E-state index in [1.807, 2.05) is 0 Å². The number of rotatable bonds is 9. The van der Waals surface area contributed by atoms with E-state index < -0.39 is 40.4 Å². The van der Waals surface area contributed by atoms with Gasteiger partial charge in [-0.15, -0.1) is 0 Å². The minimum Gasteiger partial charge on any atom is -0.465 e. The third kappa shape index (κ3) is 6.64. The number of amides is 1. The van der Waals surface area contributed by atoms with Crippen LogP contribution in [0, 0.1) is 0 Å². The SMILES string of the molecule is COC(=O)c1ccc(C(=O)OC)c(NC(=O)COC(=O)c2ccccc2NS(=O)(=O)c2cccc(N)c2)c1. The van der Waals surface area contributed by atoms with Crippen molar-refractivity contribution >= 4 is 50.9 Å². The minimum atomic E-state index is -4.09. The van der Waals surface area contributed by atoms with Crippen molar-refractivity contribution < 1.29 is 41.8 Å². The normalized spacial score (nSPS) is 10.7. The van der Waals surface area contributed by atoms with Crippen molar-refractivity contribution in [3.05, 3.63) is 83.4 Å². The number of methoxy groups -OCH3 is 2. The molecule has 0 bridgehead atoms. The fourth-order valence-corrected chi connectivity index (χ4v) is 4.35. The van der Waals surface area contributed by atoms with Gasteiger partial charge in [0, 0.05) is 5.69 Å². The summed E-state index contributed by atoms with van der Waals surface area (Å²) in [5, 5.41) is 2.38. The van der Waals surface area contributed by atoms with Crippen LogP contribution in [-0.2, 0) is 29.0 Å². The van der Waals surface area contributed by atoms with E-state index in [2.05, 4.69) is 19.5 Å². The molecule has 0 spiro atoms. The molecule has 0 radical (unpaired) electrons. The van der Waals surface area contributed by atoms with Crippen LogP contribution >= 0.6 is 0 Å². The summed E-state index contributed by atoms with van der Waals surface area (Å²) >= 11 is 0. The van der Waals surface area contributed by atoms with Crippen molar-refractivity contribution in [2.45, 2.75) is 4.90 Å². The van der Waals surface area contributed by atoms with E-state index in [1.54, 1.807) is 0 Å². The summed E-state index contributed by atoms with van der Waals surface area (Å²) in [4.78, 5) is 49.0. The van der Waals surface area contributed by atoms with Crippen molar-refractivity contribution in [1.82, 2.24) is 0 Å². The minimum absolute atomic E-state index is 0.0498. The van der Waals surface area contributed by atoms with Gasteiger partial charge >= 0.3 is 17.9 Å². The summed E-state index contributed by atoms with van der Waals surface area (Å²) in [6, 6.07) is 15.0. The molecule has 0 aliphatic rings. The van der Waals surface area contributed by atoms with Gasteiger partial charge in [-0.05, 0) is 48.5 Å². The molecule has 4 N–H and O–H groups in total. The maximum absolute atomic E-state index is 12.8.